The molecule has 0 bridgehead atoms. The molecule has 1 aliphatic heterocycles. The van der Waals surface area contributed by atoms with Crippen molar-refractivity contribution in [2.75, 3.05) is 6.54 Å². The lowest BCUT2D eigenvalue weighted by Gasteiger charge is -2.17. The van der Waals surface area contributed by atoms with Crippen molar-refractivity contribution in [2.45, 2.75) is 12.8 Å². The lowest BCUT2D eigenvalue weighted by atomic mass is 10.0. The molecule has 84 valence electrons. The van der Waals surface area contributed by atoms with Crippen LogP contribution in [0.4, 0.5) is 5.69 Å². The number of halogens is 1. The first kappa shape index (κ1) is 12.4. The third kappa shape index (κ3) is 5.68. The van der Waals surface area contributed by atoms with E-state index in [0.29, 0.717) is 0 Å². The molecule has 0 fully saturated rings. The van der Waals surface area contributed by atoms with Gasteiger partial charge < -0.3 is 5.32 Å². The van der Waals surface area contributed by atoms with Gasteiger partial charge >= 0.3 is 0 Å². The van der Waals surface area contributed by atoms with E-state index in [0.717, 1.165) is 0 Å². The second-order valence-electron chi connectivity index (χ2n) is 3.17. The minimum atomic E-state index is -4.94. The van der Waals surface area contributed by atoms with Crippen molar-refractivity contribution in [3.05, 3.63) is 29.8 Å². The van der Waals surface area contributed by atoms with Gasteiger partial charge in [-0.05, 0) is 12.5 Å². The Kier molecular flexibility index (Phi) is 4.46. The topological polar surface area (TPSA) is 109 Å². The highest BCUT2D eigenvalue weighted by Gasteiger charge is 2.09. The number of fused-ring (bicyclic) bond motifs is 1. The van der Waals surface area contributed by atoms with Gasteiger partial charge in [-0.2, -0.15) is 0 Å². The van der Waals surface area contributed by atoms with Gasteiger partial charge in [-0.25, -0.2) is 18.6 Å². The molecular weight excluding hydrogens is 222 g/mol. The van der Waals surface area contributed by atoms with Crippen LogP contribution in [0.1, 0.15) is 12.0 Å². The van der Waals surface area contributed by atoms with Gasteiger partial charge in [-0.15, -0.1) is 10.2 Å². The predicted octanol–water partition coefficient (Wildman–Crippen LogP) is -3.93. The van der Waals surface area contributed by atoms with Crippen LogP contribution in [0.25, 0.3) is 0 Å². The van der Waals surface area contributed by atoms with Crippen LogP contribution in [0.5, 0.6) is 0 Å². The van der Waals surface area contributed by atoms with Crippen LogP contribution >= 0.6 is 0 Å². The van der Waals surface area contributed by atoms with E-state index < -0.39 is 10.2 Å². The zero-order chi connectivity index (χ0) is 11.3. The third-order valence-corrected chi connectivity index (χ3v) is 2.07. The van der Waals surface area contributed by atoms with E-state index in [4.69, 9.17) is 18.6 Å². The lowest BCUT2D eigenvalue weighted by molar-refractivity contribution is -2.00. The molecule has 0 radical (unpaired) electrons. The molecule has 0 spiro atoms. The summed E-state index contributed by atoms with van der Waals surface area (Å²) >= 11 is 0. The number of nitrogens with two attached hydrogens (primary N) is 1. The average molecular weight is 234 g/mol. The predicted molar refractivity (Wildman–Crippen MR) is 41.2 cm³/mol. The SMILES string of the molecule is [O-][Cl+3]([O-])([O-])[O-].c1ccc2c(c1)CCC[NH2+]2. The molecule has 0 atom stereocenters. The first-order valence-electron chi connectivity index (χ1n) is 4.50. The Morgan fingerprint density at radius 1 is 1.07 bits per heavy atom. The molecule has 1 heterocycles. The van der Waals surface area contributed by atoms with Gasteiger partial charge in [-0.1, -0.05) is 18.2 Å². The number of benzene rings is 1. The third-order valence-electron chi connectivity index (χ3n) is 2.07. The molecule has 1 aromatic rings. The van der Waals surface area contributed by atoms with Crippen molar-refractivity contribution in [3.8, 4) is 0 Å². The zero-order valence-electron chi connectivity index (χ0n) is 8.02. The van der Waals surface area contributed by atoms with E-state index in [1.54, 1.807) is 0 Å². The summed E-state index contributed by atoms with van der Waals surface area (Å²) in [7, 11) is -4.94. The van der Waals surface area contributed by atoms with Crippen LogP contribution in [0.2, 0.25) is 0 Å². The minimum Gasteiger partial charge on any atom is -0.314 e. The number of hydrogen-bond acceptors (Lipinski definition) is 4. The first-order chi connectivity index (χ1) is 6.97. The van der Waals surface area contributed by atoms with Crippen molar-refractivity contribution in [2.24, 2.45) is 0 Å². The molecule has 0 unspecified atom stereocenters. The van der Waals surface area contributed by atoms with E-state index >= 15 is 0 Å². The Morgan fingerprint density at radius 2 is 1.67 bits per heavy atom. The normalized spacial score (nSPS) is 14.9. The van der Waals surface area contributed by atoms with Crippen LogP contribution in [-0.4, -0.2) is 6.54 Å². The Balaban J connectivity index is 0.000000195. The van der Waals surface area contributed by atoms with Gasteiger partial charge in [0, 0.05) is 12.0 Å². The second kappa shape index (κ2) is 5.41. The fourth-order valence-electron chi connectivity index (χ4n) is 1.51. The monoisotopic (exact) mass is 233 g/mol. The molecule has 0 amide bonds. The first-order valence-corrected chi connectivity index (χ1v) is 5.73. The molecule has 15 heavy (non-hydrogen) atoms. The van der Waals surface area contributed by atoms with Crippen molar-refractivity contribution in [1.82, 2.24) is 0 Å². The van der Waals surface area contributed by atoms with Gasteiger partial charge in [0.2, 0.25) is 0 Å². The molecule has 0 aliphatic carbocycles. The quantitative estimate of drug-likeness (QED) is 0.462. The van der Waals surface area contributed by atoms with Gasteiger partial charge in [-0.3, -0.25) is 0 Å². The lowest BCUT2D eigenvalue weighted by Crippen LogP contribution is -2.79. The Hall–Kier alpha value is -0.690. The molecular formula is C9H12ClNO4. The number of aryl methyl sites for hydroxylation is 1. The summed E-state index contributed by atoms with van der Waals surface area (Å²) in [6.45, 7) is 1.26. The maximum Gasteiger partial charge on any atom is 0.132 e. The molecule has 5 nitrogen and oxygen atoms in total. The van der Waals surface area contributed by atoms with Crippen LogP contribution < -0.4 is 24.0 Å². The zero-order valence-corrected chi connectivity index (χ0v) is 8.77. The van der Waals surface area contributed by atoms with Gasteiger partial charge in [0.15, 0.2) is 0 Å². The molecule has 1 aliphatic rings. The number of rotatable bonds is 0. The van der Waals surface area contributed by atoms with E-state index in [1.807, 2.05) is 0 Å². The number of hydrogen-bond donors (Lipinski definition) is 1. The molecule has 0 saturated carbocycles. The van der Waals surface area contributed by atoms with E-state index in [9.17, 15) is 0 Å². The Morgan fingerprint density at radius 3 is 2.27 bits per heavy atom. The van der Waals surface area contributed by atoms with E-state index in [1.165, 1.54) is 30.6 Å². The maximum absolute atomic E-state index is 8.49. The van der Waals surface area contributed by atoms with Crippen LogP contribution in [0, 0.1) is 10.2 Å². The Bertz CT molecular complexity index is 282. The van der Waals surface area contributed by atoms with Crippen molar-refractivity contribution >= 4 is 5.69 Å². The van der Waals surface area contributed by atoms with Gasteiger partial charge in [0.05, 0.1) is 6.54 Å². The molecule has 1 aromatic carbocycles. The summed E-state index contributed by atoms with van der Waals surface area (Å²) < 4.78 is 34.0. The summed E-state index contributed by atoms with van der Waals surface area (Å²) in [6.07, 6.45) is 2.60. The molecule has 6 heteroatoms. The van der Waals surface area contributed by atoms with Crippen molar-refractivity contribution in [3.63, 3.8) is 0 Å². The van der Waals surface area contributed by atoms with Crippen LogP contribution in [0.15, 0.2) is 24.3 Å². The maximum atomic E-state index is 8.49. The van der Waals surface area contributed by atoms with Gasteiger partial charge in [0.1, 0.15) is 5.69 Å². The van der Waals surface area contributed by atoms with Crippen molar-refractivity contribution in [1.29, 1.82) is 0 Å². The van der Waals surface area contributed by atoms with E-state index in [-0.39, 0.29) is 0 Å². The minimum absolute atomic E-state index is 1.26. The standard InChI is InChI=1S/C9H11N.ClHO4/c1-2-6-9-8(4-1)5-3-7-10-9;2-1(3,4)5/h1-2,4,6,10H,3,5,7H2;(H,2,3,4,5). The summed E-state index contributed by atoms with van der Waals surface area (Å²) in [5.74, 6) is 0. The Labute approximate surface area is 89.7 Å². The fraction of sp³-hybridized carbons (Fsp3) is 0.333. The summed E-state index contributed by atoms with van der Waals surface area (Å²) in [4.78, 5) is 0. The molecule has 0 saturated heterocycles. The van der Waals surface area contributed by atoms with Crippen LogP contribution in [-0.2, 0) is 6.42 Å². The largest absolute Gasteiger partial charge is 0.314 e. The average Bonchev–Trinajstić information content (AvgIpc) is 2.16. The van der Waals surface area contributed by atoms with Crippen molar-refractivity contribution < 1.29 is 34.2 Å². The highest BCUT2D eigenvalue weighted by molar-refractivity contribution is 5.39. The molecule has 2 rings (SSSR count). The molecule has 2 N–H and O–H groups in total. The molecule has 0 aromatic heterocycles. The second-order valence-corrected chi connectivity index (χ2v) is 3.93. The highest BCUT2D eigenvalue weighted by atomic mass is 35.7. The smallest absolute Gasteiger partial charge is 0.132 e. The highest BCUT2D eigenvalue weighted by Crippen LogP contribution is 2.13. The number of para-hydroxylation sites is 1. The number of quaternary nitrogens is 1. The van der Waals surface area contributed by atoms with Crippen LogP contribution in [0.3, 0.4) is 0 Å². The summed E-state index contributed by atoms with van der Waals surface area (Å²) in [6, 6.07) is 8.66. The summed E-state index contributed by atoms with van der Waals surface area (Å²) in [5, 5.41) is 2.33. The fourth-order valence-corrected chi connectivity index (χ4v) is 1.51. The van der Waals surface area contributed by atoms with Gasteiger partial charge in [0.25, 0.3) is 0 Å². The van der Waals surface area contributed by atoms with E-state index in [2.05, 4.69) is 29.6 Å². The summed E-state index contributed by atoms with van der Waals surface area (Å²) in [5.41, 5.74) is 2.97.